The molecule has 2 aromatic carbocycles. The molecule has 2 heterocycles. The maximum absolute atomic E-state index is 13.0. The number of hydrogen-bond donors (Lipinski definition) is 1. The van der Waals surface area contributed by atoms with E-state index in [0.29, 0.717) is 30.8 Å². The molecule has 172 valence electrons. The molecule has 1 amide bonds. The van der Waals surface area contributed by atoms with Crippen LogP contribution in [0.2, 0.25) is 0 Å². The fraction of sp³-hybridized carbons (Fsp3) is 0.321. The van der Waals surface area contributed by atoms with Crippen LogP contribution in [-0.2, 0) is 17.8 Å². The summed E-state index contributed by atoms with van der Waals surface area (Å²) in [4.78, 5) is 24.3. The lowest BCUT2D eigenvalue weighted by Gasteiger charge is -2.22. The van der Waals surface area contributed by atoms with E-state index in [2.05, 4.69) is 57.7 Å². The van der Waals surface area contributed by atoms with E-state index in [0.717, 1.165) is 52.1 Å². The third-order valence-electron chi connectivity index (χ3n) is 6.55. The summed E-state index contributed by atoms with van der Waals surface area (Å²) >= 11 is 0. The number of fused-ring (bicyclic) bond motifs is 1. The van der Waals surface area contributed by atoms with E-state index in [4.69, 9.17) is 4.42 Å². The Balaban J connectivity index is 1.27. The minimum Gasteiger partial charge on any atom is -0.469 e. The van der Waals surface area contributed by atoms with E-state index in [1.54, 1.807) is 6.26 Å². The maximum Gasteiger partial charge on any atom is 0.230 e. The van der Waals surface area contributed by atoms with Gasteiger partial charge in [-0.2, -0.15) is 0 Å². The Hall–Kier alpha value is -3.67. The lowest BCUT2D eigenvalue weighted by atomic mass is 10.0. The summed E-state index contributed by atoms with van der Waals surface area (Å²) in [5.74, 6) is 2.54. The predicted molar refractivity (Wildman–Crippen MR) is 132 cm³/mol. The third kappa shape index (κ3) is 4.53. The highest BCUT2D eigenvalue weighted by Gasteiger charge is 2.32. The number of carbonyl (C=O) groups excluding carboxylic acids is 1. The van der Waals surface area contributed by atoms with E-state index >= 15 is 0 Å². The van der Waals surface area contributed by atoms with Crippen LogP contribution >= 0.6 is 0 Å². The van der Waals surface area contributed by atoms with E-state index in [1.165, 1.54) is 12.8 Å². The first-order chi connectivity index (χ1) is 16.6. The van der Waals surface area contributed by atoms with Gasteiger partial charge in [-0.3, -0.25) is 4.79 Å². The van der Waals surface area contributed by atoms with Gasteiger partial charge in [0.05, 0.1) is 18.2 Å². The predicted octanol–water partition coefficient (Wildman–Crippen LogP) is 5.51. The number of hydrogen-bond acceptors (Lipinski definition) is 5. The molecule has 0 aliphatic heterocycles. The molecule has 2 aliphatic rings. The molecule has 0 spiro atoms. The molecule has 6 heteroatoms. The van der Waals surface area contributed by atoms with Crippen molar-refractivity contribution in [3.05, 3.63) is 78.0 Å². The standard InChI is InChI=1S/C28H28N4O2/c1-18-29-26-12-7-21(15-25(26)28(30-18)31-22-8-9-22)20-5-2-4-19(14-20)17-32(23-10-11-23)27(33)16-24-6-3-13-34-24/h2-7,12-15,22-23H,8-11,16-17H2,1H3,(H,29,30,31). The third-order valence-corrected chi connectivity index (χ3v) is 6.55. The highest BCUT2D eigenvalue weighted by molar-refractivity contribution is 5.93. The van der Waals surface area contributed by atoms with Crippen LogP contribution in [0.3, 0.4) is 0 Å². The largest absolute Gasteiger partial charge is 0.469 e. The number of benzene rings is 2. The van der Waals surface area contributed by atoms with Crippen LogP contribution < -0.4 is 5.32 Å². The summed E-state index contributed by atoms with van der Waals surface area (Å²) in [7, 11) is 0. The van der Waals surface area contributed by atoms with Crippen LogP contribution in [0.25, 0.3) is 22.0 Å². The van der Waals surface area contributed by atoms with Gasteiger partial charge in [0.25, 0.3) is 0 Å². The van der Waals surface area contributed by atoms with E-state index in [9.17, 15) is 4.79 Å². The molecule has 2 fully saturated rings. The highest BCUT2D eigenvalue weighted by atomic mass is 16.3. The van der Waals surface area contributed by atoms with Gasteiger partial charge >= 0.3 is 0 Å². The van der Waals surface area contributed by atoms with Gasteiger partial charge in [-0.1, -0.05) is 24.3 Å². The van der Waals surface area contributed by atoms with Crippen molar-refractivity contribution >= 4 is 22.6 Å². The lowest BCUT2D eigenvalue weighted by molar-refractivity contribution is -0.131. The smallest absolute Gasteiger partial charge is 0.230 e. The van der Waals surface area contributed by atoms with Crippen LogP contribution in [0.1, 0.15) is 42.8 Å². The topological polar surface area (TPSA) is 71.3 Å². The molecule has 0 unspecified atom stereocenters. The fourth-order valence-electron chi connectivity index (χ4n) is 4.47. The molecule has 0 saturated heterocycles. The summed E-state index contributed by atoms with van der Waals surface area (Å²) in [5, 5.41) is 4.61. The van der Waals surface area contributed by atoms with E-state index < -0.39 is 0 Å². The van der Waals surface area contributed by atoms with Crippen LogP contribution in [0.5, 0.6) is 0 Å². The number of aromatic nitrogens is 2. The highest BCUT2D eigenvalue weighted by Crippen LogP contribution is 2.33. The Morgan fingerprint density at radius 1 is 1.03 bits per heavy atom. The molecule has 2 aliphatic carbocycles. The van der Waals surface area contributed by atoms with Crippen molar-refractivity contribution in [3.8, 4) is 11.1 Å². The van der Waals surface area contributed by atoms with Crippen molar-refractivity contribution < 1.29 is 9.21 Å². The minimum absolute atomic E-state index is 0.122. The van der Waals surface area contributed by atoms with Gasteiger partial charge < -0.3 is 14.6 Å². The lowest BCUT2D eigenvalue weighted by Crippen LogP contribution is -2.33. The molecule has 4 aromatic rings. The summed E-state index contributed by atoms with van der Waals surface area (Å²) < 4.78 is 5.40. The number of rotatable bonds is 8. The minimum atomic E-state index is 0.122. The van der Waals surface area contributed by atoms with Crippen molar-refractivity contribution in [1.82, 2.24) is 14.9 Å². The van der Waals surface area contributed by atoms with Crippen molar-refractivity contribution in [3.63, 3.8) is 0 Å². The number of anilines is 1. The average molecular weight is 453 g/mol. The van der Waals surface area contributed by atoms with Gasteiger partial charge in [0.15, 0.2) is 0 Å². The van der Waals surface area contributed by atoms with Crippen molar-refractivity contribution in [2.75, 3.05) is 5.32 Å². The summed E-state index contributed by atoms with van der Waals surface area (Å²) in [5.41, 5.74) is 4.35. The number of amides is 1. The molecule has 0 radical (unpaired) electrons. The van der Waals surface area contributed by atoms with E-state index in [-0.39, 0.29) is 5.91 Å². The van der Waals surface area contributed by atoms with Gasteiger partial charge in [-0.25, -0.2) is 9.97 Å². The zero-order valence-corrected chi connectivity index (χ0v) is 19.3. The number of aryl methyl sites for hydroxylation is 1. The average Bonchev–Trinajstić information content (AvgIpc) is 3.77. The van der Waals surface area contributed by atoms with Crippen LogP contribution in [-0.4, -0.2) is 32.9 Å². The molecule has 1 N–H and O–H groups in total. The molecule has 2 saturated carbocycles. The Morgan fingerprint density at radius 3 is 2.65 bits per heavy atom. The molecular weight excluding hydrogens is 424 g/mol. The monoisotopic (exact) mass is 452 g/mol. The summed E-state index contributed by atoms with van der Waals surface area (Å²) in [6, 6.07) is 19.4. The normalized spacial score (nSPS) is 15.4. The number of carbonyl (C=O) groups is 1. The first-order valence-corrected chi connectivity index (χ1v) is 12.1. The molecule has 6 nitrogen and oxygen atoms in total. The Kier molecular flexibility index (Phi) is 5.28. The second-order valence-corrected chi connectivity index (χ2v) is 9.48. The molecule has 0 atom stereocenters. The first kappa shape index (κ1) is 20.9. The van der Waals surface area contributed by atoms with Crippen molar-refractivity contribution in [2.24, 2.45) is 0 Å². The van der Waals surface area contributed by atoms with Crippen LogP contribution in [0.4, 0.5) is 5.82 Å². The van der Waals surface area contributed by atoms with Crippen molar-refractivity contribution in [1.29, 1.82) is 0 Å². The Labute approximate surface area is 199 Å². The van der Waals surface area contributed by atoms with Gasteiger partial charge in [0.1, 0.15) is 17.4 Å². The fourth-order valence-corrected chi connectivity index (χ4v) is 4.47. The summed E-state index contributed by atoms with van der Waals surface area (Å²) in [6.45, 7) is 2.55. The maximum atomic E-state index is 13.0. The van der Waals surface area contributed by atoms with Gasteiger partial charge in [0.2, 0.25) is 5.91 Å². The van der Waals surface area contributed by atoms with Crippen molar-refractivity contribution in [2.45, 2.75) is 57.7 Å². The zero-order valence-electron chi connectivity index (χ0n) is 19.3. The Morgan fingerprint density at radius 2 is 1.88 bits per heavy atom. The molecule has 2 aromatic heterocycles. The quantitative estimate of drug-likeness (QED) is 0.382. The molecule has 6 rings (SSSR count). The van der Waals surface area contributed by atoms with Gasteiger partial charge in [-0.15, -0.1) is 0 Å². The number of furan rings is 1. The summed E-state index contributed by atoms with van der Waals surface area (Å²) in [6.07, 6.45) is 6.47. The molecule has 34 heavy (non-hydrogen) atoms. The number of nitrogens with one attached hydrogen (secondary N) is 1. The second-order valence-electron chi connectivity index (χ2n) is 9.48. The SMILES string of the molecule is Cc1nc(NC2CC2)c2cc(-c3cccc(CN(C(=O)Cc4ccco4)C4CC4)c3)ccc2n1. The molecule has 0 bridgehead atoms. The second kappa shape index (κ2) is 8.60. The Bertz CT molecular complexity index is 1340. The van der Waals surface area contributed by atoms with Gasteiger partial charge in [0, 0.05) is 24.0 Å². The van der Waals surface area contributed by atoms with Crippen LogP contribution in [0.15, 0.2) is 65.3 Å². The number of nitrogens with zero attached hydrogens (tertiary/aromatic N) is 3. The zero-order chi connectivity index (χ0) is 23.1. The van der Waals surface area contributed by atoms with Crippen LogP contribution in [0, 0.1) is 6.92 Å². The van der Waals surface area contributed by atoms with E-state index in [1.807, 2.05) is 24.0 Å². The van der Waals surface area contributed by atoms with Gasteiger partial charge in [-0.05, 0) is 79.6 Å². The first-order valence-electron chi connectivity index (χ1n) is 12.1. The molecular formula is C28H28N4O2.